The largest absolute Gasteiger partial charge is 0.344 e. The van der Waals surface area contributed by atoms with Crippen LogP contribution in [0.15, 0.2) is 4.47 Å². The Morgan fingerprint density at radius 1 is 1.45 bits per heavy atom. The zero-order chi connectivity index (χ0) is 14.9. The summed E-state index contributed by atoms with van der Waals surface area (Å²) in [6.45, 7) is 4.72. The Hall–Kier alpha value is -1.37. The lowest BCUT2D eigenvalue weighted by molar-refractivity contribution is -0.134. The fraction of sp³-hybridized carbons (Fsp3) is 0.615. The maximum absolute atomic E-state index is 12.4. The highest BCUT2D eigenvalue weighted by Crippen LogP contribution is 2.22. The summed E-state index contributed by atoms with van der Waals surface area (Å²) >= 11 is 3.51. The van der Waals surface area contributed by atoms with E-state index >= 15 is 0 Å². The Bertz CT molecular complexity index is 541. The number of carbonyl (C=O) groups excluding carboxylic acids is 2. The lowest BCUT2D eigenvalue weighted by Crippen LogP contribution is -2.44. The molecule has 110 valence electrons. The summed E-state index contributed by atoms with van der Waals surface area (Å²) in [6, 6.07) is -0.418. The summed E-state index contributed by atoms with van der Waals surface area (Å²) in [7, 11) is 1.86. The number of amides is 2. The van der Waals surface area contributed by atoms with Gasteiger partial charge in [0.05, 0.1) is 22.4 Å². The molecule has 1 unspecified atom stereocenters. The average molecular weight is 343 g/mol. The molecule has 1 aromatic heterocycles. The smallest absolute Gasteiger partial charge is 0.245 e. The van der Waals surface area contributed by atoms with Crippen molar-refractivity contribution in [1.82, 2.24) is 20.0 Å². The summed E-state index contributed by atoms with van der Waals surface area (Å²) in [6.07, 6.45) is 0.948. The lowest BCUT2D eigenvalue weighted by atomic mass is 10.2. The summed E-state index contributed by atoms with van der Waals surface area (Å²) in [5, 5.41) is 7.09. The first-order valence-electron chi connectivity index (χ1n) is 6.70. The molecule has 2 rings (SSSR count). The van der Waals surface area contributed by atoms with E-state index in [-0.39, 0.29) is 11.8 Å². The molecule has 1 fully saturated rings. The van der Waals surface area contributed by atoms with Gasteiger partial charge in [-0.05, 0) is 29.3 Å². The SMILES string of the molecule is CCC1NC(=O)CCN(Cc2c(Br)c(C)nn2C)C1=O. The van der Waals surface area contributed by atoms with E-state index in [4.69, 9.17) is 0 Å². The zero-order valence-corrected chi connectivity index (χ0v) is 13.5. The van der Waals surface area contributed by atoms with Crippen molar-refractivity contribution in [2.24, 2.45) is 7.05 Å². The standard InChI is InChI=1S/C13H19BrN4O2/c1-4-9-13(20)18(6-5-11(19)15-9)7-10-12(14)8(2)16-17(10)3/h9H,4-7H2,1-3H3,(H,15,19). The fourth-order valence-corrected chi connectivity index (χ4v) is 2.82. The number of aromatic nitrogens is 2. The van der Waals surface area contributed by atoms with Crippen molar-refractivity contribution in [3.63, 3.8) is 0 Å². The van der Waals surface area contributed by atoms with Crippen molar-refractivity contribution in [3.05, 3.63) is 15.9 Å². The molecule has 6 nitrogen and oxygen atoms in total. The van der Waals surface area contributed by atoms with Crippen molar-refractivity contribution in [1.29, 1.82) is 0 Å². The van der Waals surface area contributed by atoms with E-state index in [1.165, 1.54) is 0 Å². The predicted octanol–water partition coefficient (Wildman–Crippen LogP) is 1.12. The van der Waals surface area contributed by atoms with Gasteiger partial charge in [0.1, 0.15) is 6.04 Å². The van der Waals surface area contributed by atoms with Gasteiger partial charge >= 0.3 is 0 Å². The Balaban J connectivity index is 2.22. The van der Waals surface area contributed by atoms with Crippen LogP contribution < -0.4 is 5.32 Å². The van der Waals surface area contributed by atoms with E-state index in [1.54, 1.807) is 9.58 Å². The molecule has 1 atom stereocenters. The molecule has 1 aromatic rings. The molecule has 1 N–H and O–H groups in total. The molecule has 2 amide bonds. The number of nitrogens with one attached hydrogen (secondary N) is 1. The molecule has 0 bridgehead atoms. The van der Waals surface area contributed by atoms with Crippen LogP contribution in [0, 0.1) is 6.92 Å². The van der Waals surface area contributed by atoms with Gasteiger partial charge < -0.3 is 10.2 Å². The molecule has 0 aromatic carbocycles. The molecule has 0 radical (unpaired) electrons. The highest BCUT2D eigenvalue weighted by atomic mass is 79.9. The minimum atomic E-state index is -0.418. The molecule has 2 heterocycles. The monoisotopic (exact) mass is 342 g/mol. The van der Waals surface area contributed by atoms with Crippen LogP contribution in [0.1, 0.15) is 31.2 Å². The zero-order valence-electron chi connectivity index (χ0n) is 11.9. The van der Waals surface area contributed by atoms with Gasteiger partial charge in [-0.3, -0.25) is 14.3 Å². The van der Waals surface area contributed by atoms with E-state index in [0.717, 1.165) is 15.9 Å². The van der Waals surface area contributed by atoms with Crippen LogP contribution in [0.5, 0.6) is 0 Å². The summed E-state index contributed by atoms with van der Waals surface area (Å²) in [5.41, 5.74) is 1.84. The molecule has 0 saturated carbocycles. The summed E-state index contributed by atoms with van der Waals surface area (Å²) < 4.78 is 2.69. The molecule has 0 spiro atoms. The number of rotatable bonds is 3. The fourth-order valence-electron chi connectivity index (χ4n) is 2.36. The summed E-state index contributed by atoms with van der Waals surface area (Å²) in [5.74, 6) is -0.0861. The van der Waals surface area contributed by atoms with Crippen LogP contribution in [0.4, 0.5) is 0 Å². The van der Waals surface area contributed by atoms with E-state index in [2.05, 4.69) is 26.3 Å². The van der Waals surface area contributed by atoms with Gasteiger partial charge in [0.25, 0.3) is 0 Å². The number of halogens is 1. The first-order valence-corrected chi connectivity index (χ1v) is 7.49. The Kier molecular flexibility index (Phi) is 4.47. The first-order chi connectivity index (χ1) is 9.43. The highest BCUT2D eigenvalue weighted by Gasteiger charge is 2.29. The quantitative estimate of drug-likeness (QED) is 0.894. The highest BCUT2D eigenvalue weighted by molar-refractivity contribution is 9.10. The maximum atomic E-state index is 12.4. The van der Waals surface area contributed by atoms with E-state index < -0.39 is 6.04 Å². The van der Waals surface area contributed by atoms with E-state index in [1.807, 2.05) is 20.9 Å². The Morgan fingerprint density at radius 3 is 2.70 bits per heavy atom. The maximum Gasteiger partial charge on any atom is 0.245 e. The van der Waals surface area contributed by atoms with Gasteiger partial charge in [0.2, 0.25) is 11.8 Å². The van der Waals surface area contributed by atoms with Crippen LogP contribution in [-0.2, 0) is 23.2 Å². The van der Waals surface area contributed by atoms with Gasteiger partial charge in [-0.25, -0.2) is 0 Å². The van der Waals surface area contributed by atoms with Gasteiger partial charge in [-0.15, -0.1) is 0 Å². The third-order valence-corrected chi connectivity index (χ3v) is 4.60. The topological polar surface area (TPSA) is 67.2 Å². The van der Waals surface area contributed by atoms with Crippen LogP contribution >= 0.6 is 15.9 Å². The first kappa shape index (κ1) is 15.0. The molecular weight excluding hydrogens is 324 g/mol. The van der Waals surface area contributed by atoms with Crippen molar-refractivity contribution >= 4 is 27.7 Å². The lowest BCUT2D eigenvalue weighted by Gasteiger charge is -2.23. The van der Waals surface area contributed by atoms with Crippen molar-refractivity contribution in [2.45, 2.75) is 39.3 Å². The van der Waals surface area contributed by atoms with Crippen molar-refractivity contribution in [3.8, 4) is 0 Å². The second kappa shape index (κ2) is 5.95. The van der Waals surface area contributed by atoms with E-state index in [0.29, 0.717) is 25.9 Å². The third kappa shape index (κ3) is 2.87. The molecule has 7 heteroatoms. The van der Waals surface area contributed by atoms with Crippen LogP contribution in [0.3, 0.4) is 0 Å². The number of hydrogen-bond acceptors (Lipinski definition) is 3. The van der Waals surface area contributed by atoms with Crippen LogP contribution in [0.25, 0.3) is 0 Å². The second-order valence-electron chi connectivity index (χ2n) is 5.01. The van der Waals surface area contributed by atoms with E-state index in [9.17, 15) is 9.59 Å². The minimum absolute atomic E-state index is 0.0240. The molecule has 1 saturated heterocycles. The summed E-state index contributed by atoms with van der Waals surface area (Å²) in [4.78, 5) is 25.8. The number of hydrogen-bond donors (Lipinski definition) is 1. The minimum Gasteiger partial charge on any atom is -0.344 e. The van der Waals surface area contributed by atoms with Crippen LogP contribution in [-0.4, -0.2) is 39.1 Å². The Labute approximate surface area is 126 Å². The van der Waals surface area contributed by atoms with Gasteiger partial charge in [0.15, 0.2) is 0 Å². The molecule has 1 aliphatic heterocycles. The molecular formula is C13H19BrN4O2. The predicted molar refractivity (Wildman–Crippen MR) is 77.9 cm³/mol. The number of carbonyl (C=O) groups is 2. The van der Waals surface area contributed by atoms with Gasteiger partial charge in [-0.1, -0.05) is 6.92 Å². The normalized spacial score (nSPS) is 20.0. The third-order valence-electron chi connectivity index (χ3n) is 3.56. The molecule has 20 heavy (non-hydrogen) atoms. The average Bonchev–Trinajstić information content (AvgIpc) is 2.57. The molecule has 1 aliphatic rings. The van der Waals surface area contributed by atoms with Crippen molar-refractivity contribution in [2.75, 3.05) is 6.54 Å². The number of aryl methyl sites for hydroxylation is 2. The Morgan fingerprint density at radius 2 is 2.15 bits per heavy atom. The van der Waals surface area contributed by atoms with Gasteiger partial charge in [0, 0.05) is 20.0 Å². The number of nitrogens with zero attached hydrogens (tertiary/aromatic N) is 3. The second-order valence-corrected chi connectivity index (χ2v) is 5.80. The van der Waals surface area contributed by atoms with Crippen LogP contribution in [0.2, 0.25) is 0 Å². The molecule has 0 aliphatic carbocycles. The van der Waals surface area contributed by atoms with Crippen molar-refractivity contribution < 1.29 is 9.59 Å². The van der Waals surface area contributed by atoms with Gasteiger partial charge in [-0.2, -0.15) is 5.10 Å².